The zero-order valence-electron chi connectivity index (χ0n) is 11.2. The smallest absolute Gasteiger partial charge is 0.180 e. The second-order valence-electron chi connectivity index (χ2n) is 4.91. The molecule has 0 bridgehead atoms. The molecule has 1 unspecified atom stereocenters. The Bertz CT molecular complexity index is 554. The number of nitrogens with zero attached hydrogens (tertiary/aromatic N) is 4. The van der Waals surface area contributed by atoms with E-state index in [4.69, 9.17) is 0 Å². The Balaban J connectivity index is 1.83. The van der Waals surface area contributed by atoms with Crippen LogP contribution in [0.5, 0.6) is 0 Å². The van der Waals surface area contributed by atoms with E-state index in [-0.39, 0.29) is 0 Å². The Kier molecular flexibility index (Phi) is 3.55. The number of likely N-dealkylation sites (N-methyl/N-ethyl adjacent to an activating group) is 1. The zero-order valence-corrected chi connectivity index (χ0v) is 11.2. The molecular weight excluding hydrogens is 238 g/mol. The fourth-order valence-electron chi connectivity index (χ4n) is 2.66. The van der Waals surface area contributed by atoms with E-state index in [9.17, 15) is 0 Å². The van der Waals surface area contributed by atoms with Crippen LogP contribution in [0.3, 0.4) is 0 Å². The minimum atomic E-state index is 0.568. The predicted octanol–water partition coefficient (Wildman–Crippen LogP) is 1.60. The molecule has 2 aromatic rings. The Morgan fingerprint density at radius 2 is 2.21 bits per heavy atom. The Morgan fingerprint density at radius 3 is 3.11 bits per heavy atom. The van der Waals surface area contributed by atoms with E-state index < -0.39 is 0 Å². The second-order valence-corrected chi connectivity index (χ2v) is 4.91. The maximum Gasteiger partial charge on any atom is 0.180 e. The molecule has 3 rings (SSSR count). The summed E-state index contributed by atoms with van der Waals surface area (Å²) in [5, 5.41) is 3.52. The van der Waals surface area contributed by atoms with Crippen molar-refractivity contribution in [3.8, 4) is 0 Å². The van der Waals surface area contributed by atoms with Crippen molar-refractivity contribution >= 4 is 17.0 Å². The highest BCUT2D eigenvalue weighted by molar-refractivity contribution is 5.71. The maximum atomic E-state index is 4.62. The van der Waals surface area contributed by atoms with Crippen LogP contribution in [-0.4, -0.2) is 40.6 Å². The lowest BCUT2D eigenvalue weighted by molar-refractivity contribution is 0.430. The number of fused-ring (bicyclic) bond motifs is 1. The van der Waals surface area contributed by atoms with Crippen molar-refractivity contribution in [2.24, 2.45) is 0 Å². The lowest BCUT2D eigenvalue weighted by atomic mass is 10.1. The molecule has 1 saturated heterocycles. The first-order chi connectivity index (χ1) is 9.36. The maximum absolute atomic E-state index is 4.62. The van der Waals surface area contributed by atoms with E-state index in [0.717, 1.165) is 36.6 Å². The van der Waals surface area contributed by atoms with Gasteiger partial charge in [-0.05, 0) is 31.5 Å². The van der Waals surface area contributed by atoms with Gasteiger partial charge >= 0.3 is 0 Å². The molecular formula is C14H19N5. The van der Waals surface area contributed by atoms with E-state index in [0.29, 0.717) is 6.04 Å². The van der Waals surface area contributed by atoms with Crippen molar-refractivity contribution in [3.05, 3.63) is 24.5 Å². The summed E-state index contributed by atoms with van der Waals surface area (Å²) in [4.78, 5) is 15.5. The Morgan fingerprint density at radius 1 is 1.32 bits per heavy atom. The summed E-state index contributed by atoms with van der Waals surface area (Å²) in [5.74, 6) is 1.01. The SMILES string of the molecule is CCNC1CCCN(c2ccc3nccnc3n2)C1. The number of pyridine rings is 1. The van der Waals surface area contributed by atoms with Crippen molar-refractivity contribution in [1.29, 1.82) is 0 Å². The van der Waals surface area contributed by atoms with Gasteiger partial charge in [-0.1, -0.05) is 6.92 Å². The molecule has 1 atom stereocenters. The third-order valence-electron chi connectivity index (χ3n) is 3.56. The summed E-state index contributed by atoms with van der Waals surface area (Å²) < 4.78 is 0. The molecule has 1 N–H and O–H groups in total. The van der Waals surface area contributed by atoms with Crippen molar-refractivity contribution in [2.75, 3.05) is 24.5 Å². The van der Waals surface area contributed by atoms with E-state index >= 15 is 0 Å². The number of hydrogen-bond donors (Lipinski definition) is 1. The molecule has 100 valence electrons. The number of hydrogen-bond acceptors (Lipinski definition) is 5. The van der Waals surface area contributed by atoms with Crippen LogP contribution in [0.1, 0.15) is 19.8 Å². The van der Waals surface area contributed by atoms with Gasteiger partial charge in [0.1, 0.15) is 11.3 Å². The van der Waals surface area contributed by atoms with Crippen molar-refractivity contribution in [2.45, 2.75) is 25.8 Å². The van der Waals surface area contributed by atoms with Crippen LogP contribution in [0.15, 0.2) is 24.5 Å². The summed E-state index contributed by atoms with van der Waals surface area (Å²) in [5.41, 5.74) is 1.58. The lowest BCUT2D eigenvalue weighted by Gasteiger charge is -2.33. The predicted molar refractivity (Wildman–Crippen MR) is 76.2 cm³/mol. The lowest BCUT2D eigenvalue weighted by Crippen LogP contribution is -2.46. The van der Waals surface area contributed by atoms with Gasteiger partial charge < -0.3 is 10.2 Å². The molecule has 0 amide bonds. The molecule has 0 radical (unpaired) electrons. The van der Waals surface area contributed by atoms with Crippen LogP contribution in [-0.2, 0) is 0 Å². The molecule has 1 aliphatic rings. The topological polar surface area (TPSA) is 53.9 Å². The normalized spacial score (nSPS) is 19.8. The highest BCUT2D eigenvalue weighted by Gasteiger charge is 2.20. The van der Waals surface area contributed by atoms with Crippen molar-refractivity contribution in [1.82, 2.24) is 20.3 Å². The van der Waals surface area contributed by atoms with E-state index in [1.54, 1.807) is 12.4 Å². The van der Waals surface area contributed by atoms with Gasteiger partial charge in [-0.3, -0.25) is 4.98 Å². The molecule has 2 aromatic heterocycles. The molecule has 0 saturated carbocycles. The molecule has 0 spiro atoms. The minimum Gasteiger partial charge on any atom is -0.355 e. The Labute approximate surface area is 113 Å². The van der Waals surface area contributed by atoms with Gasteiger partial charge in [-0.2, -0.15) is 0 Å². The highest BCUT2D eigenvalue weighted by Crippen LogP contribution is 2.19. The molecule has 1 fully saturated rings. The summed E-state index contributed by atoms with van der Waals surface area (Å²) >= 11 is 0. The number of nitrogens with one attached hydrogen (secondary N) is 1. The highest BCUT2D eigenvalue weighted by atomic mass is 15.2. The van der Waals surface area contributed by atoms with Gasteiger partial charge in [0.2, 0.25) is 0 Å². The monoisotopic (exact) mass is 257 g/mol. The Hall–Kier alpha value is -1.75. The summed E-state index contributed by atoms with van der Waals surface area (Å²) in [6, 6.07) is 4.62. The van der Waals surface area contributed by atoms with Crippen LogP contribution in [0.2, 0.25) is 0 Å². The molecule has 19 heavy (non-hydrogen) atoms. The van der Waals surface area contributed by atoms with Crippen LogP contribution in [0.25, 0.3) is 11.2 Å². The van der Waals surface area contributed by atoms with Gasteiger partial charge in [0.05, 0.1) is 0 Å². The van der Waals surface area contributed by atoms with Crippen molar-refractivity contribution < 1.29 is 0 Å². The first kappa shape index (κ1) is 12.3. The average molecular weight is 257 g/mol. The van der Waals surface area contributed by atoms with Crippen LogP contribution in [0, 0.1) is 0 Å². The quantitative estimate of drug-likeness (QED) is 0.905. The van der Waals surface area contributed by atoms with Gasteiger partial charge in [0.25, 0.3) is 0 Å². The third kappa shape index (κ3) is 2.66. The van der Waals surface area contributed by atoms with E-state index in [1.807, 2.05) is 12.1 Å². The molecule has 0 aromatic carbocycles. The van der Waals surface area contributed by atoms with Gasteiger partial charge in [0, 0.05) is 31.5 Å². The minimum absolute atomic E-state index is 0.568. The second kappa shape index (κ2) is 5.48. The zero-order chi connectivity index (χ0) is 13.1. The largest absolute Gasteiger partial charge is 0.355 e. The molecule has 0 aliphatic carbocycles. The standard InChI is InChI=1S/C14H19N5/c1-2-15-11-4-3-9-19(10-11)13-6-5-12-14(18-13)17-8-7-16-12/h5-8,11,15H,2-4,9-10H2,1H3. The summed E-state index contributed by atoms with van der Waals surface area (Å²) in [6.45, 7) is 5.27. The average Bonchev–Trinajstić information content (AvgIpc) is 2.47. The molecule has 1 aliphatic heterocycles. The van der Waals surface area contributed by atoms with E-state index in [1.165, 1.54) is 12.8 Å². The number of rotatable bonds is 3. The van der Waals surface area contributed by atoms with Gasteiger partial charge in [0.15, 0.2) is 5.65 Å². The van der Waals surface area contributed by atoms with Gasteiger partial charge in [-0.25, -0.2) is 9.97 Å². The van der Waals surface area contributed by atoms with E-state index in [2.05, 4.69) is 32.1 Å². The number of anilines is 1. The number of aromatic nitrogens is 3. The first-order valence-corrected chi connectivity index (χ1v) is 6.93. The van der Waals surface area contributed by atoms with Crippen molar-refractivity contribution in [3.63, 3.8) is 0 Å². The molecule has 5 heteroatoms. The van der Waals surface area contributed by atoms with Crippen LogP contribution < -0.4 is 10.2 Å². The van der Waals surface area contributed by atoms with Crippen LogP contribution in [0.4, 0.5) is 5.82 Å². The van der Waals surface area contributed by atoms with Gasteiger partial charge in [-0.15, -0.1) is 0 Å². The van der Waals surface area contributed by atoms with Crippen LogP contribution >= 0.6 is 0 Å². The molecule has 5 nitrogen and oxygen atoms in total. The molecule has 3 heterocycles. The summed E-state index contributed by atoms with van der Waals surface area (Å²) in [7, 11) is 0. The fraction of sp³-hybridized carbons (Fsp3) is 0.500. The first-order valence-electron chi connectivity index (χ1n) is 6.93. The summed E-state index contributed by atoms with van der Waals surface area (Å²) in [6.07, 6.45) is 5.85. The third-order valence-corrected chi connectivity index (χ3v) is 3.56. The fourth-order valence-corrected chi connectivity index (χ4v) is 2.66. The number of piperidine rings is 1.